The van der Waals surface area contributed by atoms with Crippen molar-refractivity contribution in [3.63, 3.8) is 0 Å². The summed E-state index contributed by atoms with van der Waals surface area (Å²) < 4.78 is 0. The first kappa shape index (κ1) is 12.3. The summed E-state index contributed by atoms with van der Waals surface area (Å²) in [6.07, 6.45) is 3.13. The molecule has 0 radical (unpaired) electrons. The zero-order valence-corrected chi connectivity index (χ0v) is 8.93. The lowest BCUT2D eigenvalue weighted by atomic mass is 10.0. The van der Waals surface area contributed by atoms with Crippen LogP contribution in [0, 0.1) is 5.92 Å². The average molecular weight is 184 g/mol. The van der Waals surface area contributed by atoms with Crippen LogP contribution in [0.4, 0.5) is 0 Å². The lowest BCUT2D eigenvalue weighted by molar-refractivity contribution is -0.120. The van der Waals surface area contributed by atoms with Gasteiger partial charge in [-0.15, -0.1) is 0 Å². The Balaban J connectivity index is 3.42. The third-order valence-electron chi connectivity index (χ3n) is 1.94. The molecular formula is C11H20O2. The predicted octanol–water partition coefficient (Wildman–Crippen LogP) is 2.75. The Morgan fingerprint density at radius 2 is 1.62 bits per heavy atom. The molecule has 0 bridgehead atoms. The molecule has 0 aromatic carbocycles. The van der Waals surface area contributed by atoms with Crippen LogP contribution in [-0.2, 0) is 9.59 Å². The maximum Gasteiger partial charge on any atom is 0.133 e. The van der Waals surface area contributed by atoms with Crippen molar-refractivity contribution in [3.05, 3.63) is 0 Å². The molecule has 0 aromatic rings. The van der Waals surface area contributed by atoms with Gasteiger partial charge in [0, 0.05) is 25.7 Å². The summed E-state index contributed by atoms with van der Waals surface area (Å²) in [5.74, 6) is 0.991. The second-order valence-corrected chi connectivity index (χ2v) is 3.88. The molecule has 0 atom stereocenters. The minimum Gasteiger partial charge on any atom is -0.300 e. The number of hydrogen-bond acceptors (Lipinski definition) is 2. The molecule has 0 spiro atoms. The van der Waals surface area contributed by atoms with Crippen LogP contribution in [0.15, 0.2) is 0 Å². The molecule has 0 amide bonds. The fourth-order valence-corrected chi connectivity index (χ4v) is 1.22. The summed E-state index contributed by atoms with van der Waals surface area (Å²) in [4.78, 5) is 22.1. The van der Waals surface area contributed by atoms with Gasteiger partial charge in [-0.05, 0) is 12.3 Å². The van der Waals surface area contributed by atoms with Crippen molar-refractivity contribution in [2.24, 2.45) is 5.92 Å². The van der Waals surface area contributed by atoms with Crippen LogP contribution >= 0.6 is 0 Å². The first-order chi connectivity index (χ1) is 6.06. The summed E-state index contributed by atoms with van der Waals surface area (Å²) in [5, 5.41) is 0. The van der Waals surface area contributed by atoms with Crippen LogP contribution in [-0.4, -0.2) is 11.6 Å². The molecule has 0 saturated heterocycles. The highest BCUT2D eigenvalue weighted by Crippen LogP contribution is 2.06. The molecular weight excluding hydrogens is 164 g/mol. The first-order valence-corrected chi connectivity index (χ1v) is 5.09. The third kappa shape index (κ3) is 7.69. The first-order valence-electron chi connectivity index (χ1n) is 5.09. The molecule has 0 fully saturated rings. The lowest BCUT2D eigenvalue weighted by Gasteiger charge is -2.02. The fraction of sp³-hybridized carbons (Fsp3) is 0.818. The van der Waals surface area contributed by atoms with Gasteiger partial charge in [0.25, 0.3) is 0 Å². The Labute approximate surface area is 80.7 Å². The number of carbonyl (C=O) groups is 2. The SMILES string of the molecule is CCC(=O)CCCC(=O)CC(C)C. The van der Waals surface area contributed by atoms with E-state index in [0.717, 1.165) is 6.42 Å². The van der Waals surface area contributed by atoms with Gasteiger partial charge in [0.15, 0.2) is 0 Å². The quantitative estimate of drug-likeness (QED) is 0.609. The van der Waals surface area contributed by atoms with Crippen molar-refractivity contribution in [2.75, 3.05) is 0 Å². The normalized spacial score (nSPS) is 10.5. The van der Waals surface area contributed by atoms with E-state index in [-0.39, 0.29) is 5.78 Å². The molecule has 0 rings (SSSR count). The summed E-state index contributed by atoms with van der Waals surface area (Å²) in [6.45, 7) is 5.93. The summed E-state index contributed by atoms with van der Waals surface area (Å²) >= 11 is 0. The van der Waals surface area contributed by atoms with Crippen LogP contribution in [0.25, 0.3) is 0 Å². The van der Waals surface area contributed by atoms with Crippen molar-refractivity contribution in [1.82, 2.24) is 0 Å². The lowest BCUT2D eigenvalue weighted by Crippen LogP contribution is -2.04. The van der Waals surface area contributed by atoms with E-state index in [0.29, 0.717) is 37.4 Å². The fourth-order valence-electron chi connectivity index (χ4n) is 1.22. The molecule has 13 heavy (non-hydrogen) atoms. The van der Waals surface area contributed by atoms with Gasteiger partial charge in [0.1, 0.15) is 11.6 Å². The highest BCUT2D eigenvalue weighted by molar-refractivity contribution is 5.81. The molecule has 0 unspecified atom stereocenters. The zero-order valence-electron chi connectivity index (χ0n) is 8.93. The number of carbonyl (C=O) groups excluding carboxylic acids is 2. The number of ketones is 2. The second kappa shape index (κ2) is 6.81. The van der Waals surface area contributed by atoms with Crippen molar-refractivity contribution < 1.29 is 9.59 Å². The predicted molar refractivity (Wildman–Crippen MR) is 53.6 cm³/mol. The Bertz CT molecular complexity index is 171. The van der Waals surface area contributed by atoms with Crippen LogP contribution in [0.1, 0.15) is 52.9 Å². The molecule has 0 aliphatic rings. The minimum atomic E-state index is 0.261. The van der Waals surface area contributed by atoms with E-state index in [4.69, 9.17) is 0 Å². The second-order valence-electron chi connectivity index (χ2n) is 3.88. The van der Waals surface area contributed by atoms with Gasteiger partial charge in [-0.25, -0.2) is 0 Å². The van der Waals surface area contributed by atoms with Crippen molar-refractivity contribution in [1.29, 1.82) is 0 Å². The minimum absolute atomic E-state index is 0.261. The average Bonchev–Trinajstić information content (AvgIpc) is 2.02. The topological polar surface area (TPSA) is 34.1 Å². The largest absolute Gasteiger partial charge is 0.300 e. The maximum absolute atomic E-state index is 11.2. The van der Waals surface area contributed by atoms with Crippen LogP contribution < -0.4 is 0 Å². The highest BCUT2D eigenvalue weighted by Gasteiger charge is 2.05. The van der Waals surface area contributed by atoms with Gasteiger partial charge >= 0.3 is 0 Å². The molecule has 0 aliphatic heterocycles. The smallest absolute Gasteiger partial charge is 0.133 e. The van der Waals surface area contributed by atoms with E-state index in [2.05, 4.69) is 0 Å². The maximum atomic E-state index is 11.2. The van der Waals surface area contributed by atoms with E-state index < -0.39 is 0 Å². The number of hydrogen-bond donors (Lipinski definition) is 0. The van der Waals surface area contributed by atoms with Gasteiger partial charge < -0.3 is 0 Å². The van der Waals surface area contributed by atoms with Gasteiger partial charge in [-0.2, -0.15) is 0 Å². The van der Waals surface area contributed by atoms with E-state index >= 15 is 0 Å². The number of Topliss-reactive ketones (excluding diaryl/α,β-unsaturated/α-hetero) is 2. The summed E-state index contributed by atoms with van der Waals surface area (Å²) in [6, 6.07) is 0. The molecule has 0 aromatic heterocycles. The van der Waals surface area contributed by atoms with Crippen LogP contribution in [0.3, 0.4) is 0 Å². The molecule has 2 nitrogen and oxygen atoms in total. The molecule has 0 saturated carbocycles. The van der Waals surface area contributed by atoms with Gasteiger partial charge in [-0.1, -0.05) is 20.8 Å². The van der Waals surface area contributed by atoms with E-state index in [1.807, 2.05) is 20.8 Å². The Hall–Kier alpha value is -0.660. The van der Waals surface area contributed by atoms with Crippen molar-refractivity contribution in [3.8, 4) is 0 Å². The molecule has 0 N–H and O–H groups in total. The van der Waals surface area contributed by atoms with E-state index in [1.165, 1.54) is 0 Å². The molecule has 0 aliphatic carbocycles. The molecule has 76 valence electrons. The summed E-state index contributed by atoms with van der Waals surface area (Å²) in [5.41, 5.74) is 0. The number of rotatable bonds is 7. The molecule has 0 heterocycles. The highest BCUT2D eigenvalue weighted by atomic mass is 16.1. The zero-order chi connectivity index (χ0) is 10.3. The van der Waals surface area contributed by atoms with Gasteiger partial charge in [-0.3, -0.25) is 9.59 Å². The van der Waals surface area contributed by atoms with E-state index in [1.54, 1.807) is 0 Å². The van der Waals surface area contributed by atoms with E-state index in [9.17, 15) is 9.59 Å². The van der Waals surface area contributed by atoms with Crippen molar-refractivity contribution in [2.45, 2.75) is 52.9 Å². The monoisotopic (exact) mass is 184 g/mol. The Morgan fingerprint density at radius 1 is 1.08 bits per heavy atom. The standard InChI is InChI=1S/C11H20O2/c1-4-10(12)6-5-7-11(13)8-9(2)3/h9H,4-8H2,1-3H3. The Kier molecular flexibility index (Phi) is 6.47. The van der Waals surface area contributed by atoms with Crippen LogP contribution in [0.2, 0.25) is 0 Å². The van der Waals surface area contributed by atoms with Gasteiger partial charge in [0.05, 0.1) is 0 Å². The van der Waals surface area contributed by atoms with Crippen molar-refractivity contribution >= 4 is 11.6 Å². The summed E-state index contributed by atoms with van der Waals surface area (Å²) in [7, 11) is 0. The Morgan fingerprint density at radius 3 is 2.08 bits per heavy atom. The van der Waals surface area contributed by atoms with Gasteiger partial charge in [0.2, 0.25) is 0 Å². The third-order valence-corrected chi connectivity index (χ3v) is 1.94. The molecule has 2 heteroatoms. The van der Waals surface area contributed by atoms with Crippen LogP contribution in [0.5, 0.6) is 0 Å².